The van der Waals surface area contributed by atoms with Crippen molar-refractivity contribution in [3.63, 3.8) is 0 Å². The van der Waals surface area contributed by atoms with Crippen LogP contribution < -0.4 is 14.5 Å². The number of piperidine rings is 1. The largest absolute Gasteiger partial charge is 0.573 e. The van der Waals surface area contributed by atoms with E-state index < -0.39 is 6.36 Å². The third-order valence-corrected chi connectivity index (χ3v) is 5.92. The molecule has 150 valence electrons. The molecule has 2 aliphatic rings. The molecule has 2 fully saturated rings. The maximum absolute atomic E-state index is 12.3. The van der Waals surface area contributed by atoms with E-state index in [1.165, 1.54) is 12.1 Å². The first-order chi connectivity index (χ1) is 13.3. The van der Waals surface area contributed by atoms with Gasteiger partial charge in [0.15, 0.2) is 0 Å². The third-order valence-electron chi connectivity index (χ3n) is 5.92. The van der Waals surface area contributed by atoms with Crippen molar-refractivity contribution >= 4 is 11.4 Å². The second-order valence-corrected chi connectivity index (χ2v) is 7.69. The van der Waals surface area contributed by atoms with E-state index >= 15 is 0 Å². The first-order valence-corrected chi connectivity index (χ1v) is 9.47. The van der Waals surface area contributed by atoms with Gasteiger partial charge in [-0.3, -0.25) is 0 Å². The van der Waals surface area contributed by atoms with Gasteiger partial charge in [-0.15, -0.1) is 13.2 Å². The normalized spacial score (nSPS) is 19.2. The molecule has 0 amide bonds. The topological polar surface area (TPSA) is 35.9 Å². The predicted octanol–water partition coefficient (Wildman–Crippen LogP) is 4.79. The van der Waals surface area contributed by atoms with Crippen molar-refractivity contribution in [1.82, 2.24) is 0 Å². The fraction of sp³-hybridized carbons (Fsp3) is 0.429. The van der Waals surface area contributed by atoms with Gasteiger partial charge in [-0.1, -0.05) is 12.1 Å². The Morgan fingerprint density at radius 3 is 2.07 bits per heavy atom. The lowest BCUT2D eigenvalue weighted by molar-refractivity contribution is -0.274. The van der Waals surface area contributed by atoms with Crippen LogP contribution in [0.25, 0.3) is 0 Å². The zero-order chi connectivity index (χ0) is 19.8. The van der Waals surface area contributed by atoms with E-state index in [-0.39, 0.29) is 11.2 Å². The Balaban J connectivity index is 1.37. The zero-order valence-corrected chi connectivity index (χ0v) is 15.5. The second kappa shape index (κ2) is 7.11. The van der Waals surface area contributed by atoms with Crippen molar-refractivity contribution in [2.45, 2.75) is 25.6 Å². The van der Waals surface area contributed by atoms with Crippen LogP contribution in [0.2, 0.25) is 0 Å². The molecule has 0 unspecified atom stereocenters. The Bertz CT molecular complexity index is 815. The summed E-state index contributed by atoms with van der Waals surface area (Å²) in [6.45, 7) is 3.59. The van der Waals surface area contributed by atoms with Gasteiger partial charge < -0.3 is 19.6 Å². The number of aromatic hydroxyl groups is 1. The van der Waals surface area contributed by atoms with Gasteiger partial charge in [0, 0.05) is 31.9 Å². The number of halogens is 3. The van der Waals surface area contributed by atoms with Crippen LogP contribution in [0, 0.1) is 5.41 Å². The van der Waals surface area contributed by atoms with Crippen molar-refractivity contribution in [1.29, 1.82) is 0 Å². The molecular weight excluding hydrogens is 369 g/mol. The monoisotopic (exact) mass is 392 g/mol. The molecule has 2 aromatic rings. The average molecular weight is 392 g/mol. The molecule has 4 rings (SSSR count). The minimum absolute atomic E-state index is 0.193. The summed E-state index contributed by atoms with van der Waals surface area (Å²) in [6, 6.07) is 13.5. The molecule has 0 atom stereocenters. The van der Waals surface area contributed by atoms with Gasteiger partial charge in [-0.2, -0.15) is 0 Å². The summed E-state index contributed by atoms with van der Waals surface area (Å²) < 4.78 is 40.9. The van der Waals surface area contributed by atoms with E-state index in [2.05, 4.69) is 14.5 Å². The van der Waals surface area contributed by atoms with E-state index in [9.17, 15) is 18.3 Å². The molecule has 7 heteroatoms. The number of phenols is 1. The smallest absolute Gasteiger partial charge is 0.506 e. The van der Waals surface area contributed by atoms with E-state index in [0.717, 1.165) is 56.8 Å². The summed E-state index contributed by atoms with van der Waals surface area (Å²) in [5.74, 6) is 0.119. The summed E-state index contributed by atoms with van der Waals surface area (Å²) in [6.07, 6.45) is -1.52. The van der Waals surface area contributed by atoms with E-state index in [1.807, 2.05) is 18.2 Å². The summed E-state index contributed by atoms with van der Waals surface area (Å²) in [7, 11) is 0. The first-order valence-electron chi connectivity index (χ1n) is 9.47. The number of ether oxygens (including phenoxy) is 1. The van der Waals surface area contributed by atoms with Crippen molar-refractivity contribution in [3.05, 3.63) is 48.5 Å². The molecule has 2 aromatic carbocycles. The Hall–Kier alpha value is -2.57. The number of phenolic OH excluding ortho intramolecular Hbond substituents is 1. The number of hydrogen-bond acceptors (Lipinski definition) is 4. The lowest BCUT2D eigenvalue weighted by Gasteiger charge is -2.40. The number of alkyl halides is 3. The highest BCUT2D eigenvalue weighted by molar-refractivity contribution is 5.58. The maximum atomic E-state index is 12.3. The number of anilines is 2. The average Bonchev–Trinajstić information content (AvgIpc) is 3.06. The van der Waals surface area contributed by atoms with Crippen molar-refractivity contribution in [2.75, 3.05) is 36.0 Å². The van der Waals surface area contributed by atoms with Crippen LogP contribution >= 0.6 is 0 Å². The molecule has 0 aromatic heterocycles. The molecule has 2 aliphatic heterocycles. The first kappa shape index (κ1) is 18.8. The Morgan fingerprint density at radius 1 is 0.857 bits per heavy atom. The highest BCUT2D eigenvalue weighted by Gasteiger charge is 2.41. The number of nitrogens with zero attached hydrogens (tertiary/aromatic N) is 2. The van der Waals surface area contributed by atoms with Crippen LogP contribution in [0.3, 0.4) is 0 Å². The van der Waals surface area contributed by atoms with Gasteiger partial charge in [0.1, 0.15) is 11.5 Å². The standard InChI is InChI=1S/C21H23F3N2O2/c22-21(23,24)28-17-7-5-16(6-8-17)26-14-11-20(15-26)9-12-25(13-10-20)18-3-1-2-4-19(18)27/h1-8,27H,9-15H2. The fourth-order valence-electron chi connectivity index (χ4n) is 4.38. The molecule has 2 heterocycles. The summed E-state index contributed by atoms with van der Waals surface area (Å²) >= 11 is 0. The van der Waals surface area contributed by atoms with Crippen LogP contribution in [0.4, 0.5) is 24.5 Å². The molecule has 1 N–H and O–H groups in total. The molecule has 0 bridgehead atoms. The Kier molecular flexibility index (Phi) is 4.77. The second-order valence-electron chi connectivity index (χ2n) is 7.69. The molecule has 2 saturated heterocycles. The van der Waals surface area contributed by atoms with Gasteiger partial charge in [0.25, 0.3) is 0 Å². The van der Waals surface area contributed by atoms with Crippen molar-refractivity contribution in [2.24, 2.45) is 5.41 Å². The molecule has 4 nitrogen and oxygen atoms in total. The van der Waals surface area contributed by atoms with E-state index in [4.69, 9.17) is 0 Å². The van der Waals surface area contributed by atoms with E-state index in [1.54, 1.807) is 18.2 Å². The summed E-state index contributed by atoms with van der Waals surface area (Å²) in [5, 5.41) is 10.1. The lowest BCUT2D eigenvalue weighted by Crippen LogP contribution is -2.41. The summed E-state index contributed by atoms with van der Waals surface area (Å²) in [5.41, 5.74) is 2.03. The molecule has 0 radical (unpaired) electrons. The number of benzene rings is 2. The maximum Gasteiger partial charge on any atom is 0.573 e. The van der Waals surface area contributed by atoms with Crippen LogP contribution in [-0.4, -0.2) is 37.6 Å². The summed E-state index contributed by atoms with van der Waals surface area (Å²) in [4.78, 5) is 4.47. The highest BCUT2D eigenvalue weighted by atomic mass is 19.4. The lowest BCUT2D eigenvalue weighted by atomic mass is 9.77. The van der Waals surface area contributed by atoms with Gasteiger partial charge in [-0.05, 0) is 61.1 Å². The Labute approximate surface area is 162 Å². The zero-order valence-electron chi connectivity index (χ0n) is 15.5. The quantitative estimate of drug-likeness (QED) is 0.815. The number of hydrogen-bond donors (Lipinski definition) is 1. The van der Waals surface area contributed by atoms with Crippen LogP contribution in [0.1, 0.15) is 19.3 Å². The molecule has 28 heavy (non-hydrogen) atoms. The molecule has 1 spiro atoms. The third kappa shape index (κ3) is 3.98. The number of rotatable bonds is 3. The van der Waals surface area contributed by atoms with Crippen molar-refractivity contribution < 1.29 is 23.0 Å². The van der Waals surface area contributed by atoms with Gasteiger partial charge in [-0.25, -0.2) is 0 Å². The minimum atomic E-state index is -4.67. The highest BCUT2D eigenvalue weighted by Crippen LogP contribution is 2.43. The molecule has 0 saturated carbocycles. The number of para-hydroxylation sites is 2. The molecule has 0 aliphatic carbocycles. The van der Waals surface area contributed by atoms with Crippen LogP contribution in [-0.2, 0) is 0 Å². The van der Waals surface area contributed by atoms with Crippen molar-refractivity contribution in [3.8, 4) is 11.5 Å². The van der Waals surface area contributed by atoms with Gasteiger partial charge in [0.2, 0.25) is 0 Å². The van der Waals surface area contributed by atoms with Gasteiger partial charge in [0.05, 0.1) is 5.69 Å². The van der Waals surface area contributed by atoms with Gasteiger partial charge >= 0.3 is 6.36 Å². The molecular formula is C21H23F3N2O2. The van der Waals surface area contributed by atoms with Crippen LogP contribution in [0.5, 0.6) is 11.5 Å². The fourth-order valence-corrected chi connectivity index (χ4v) is 4.38. The van der Waals surface area contributed by atoms with Crippen LogP contribution in [0.15, 0.2) is 48.5 Å². The predicted molar refractivity (Wildman–Crippen MR) is 102 cm³/mol. The van der Waals surface area contributed by atoms with E-state index in [0.29, 0.717) is 5.75 Å². The SMILES string of the molecule is Oc1ccccc1N1CCC2(CCN(c3ccc(OC(F)(F)F)cc3)C2)CC1. The minimum Gasteiger partial charge on any atom is -0.506 e. The Morgan fingerprint density at radius 2 is 1.46 bits per heavy atom.